The van der Waals surface area contributed by atoms with Crippen molar-refractivity contribution in [1.82, 2.24) is 10.2 Å². The lowest BCUT2D eigenvalue weighted by Crippen LogP contribution is -2.39. The van der Waals surface area contributed by atoms with Crippen molar-refractivity contribution in [2.75, 3.05) is 13.7 Å². The Hall–Kier alpha value is -2.89. The van der Waals surface area contributed by atoms with Crippen LogP contribution in [0.1, 0.15) is 59.0 Å². The lowest BCUT2D eigenvalue weighted by atomic mass is 9.85. The van der Waals surface area contributed by atoms with Gasteiger partial charge in [0.15, 0.2) is 0 Å². The highest BCUT2D eigenvalue weighted by atomic mass is 32.1. The molecule has 1 amide bonds. The minimum atomic E-state index is -0.0236. The Labute approximate surface area is 206 Å². The number of rotatable bonds is 7. The van der Waals surface area contributed by atoms with Gasteiger partial charge in [0.1, 0.15) is 5.75 Å². The van der Waals surface area contributed by atoms with E-state index in [0.717, 1.165) is 25.1 Å². The number of nitrogens with zero attached hydrogens (tertiary/aromatic N) is 1. The maximum Gasteiger partial charge on any atom is 0.251 e. The van der Waals surface area contributed by atoms with Gasteiger partial charge in [0.25, 0.3) is 5.91 Å². The van der Waals surface area contributed by atoms with Crippen molar-refractivity contribution in [3.8, 4) is 5.75 Å². The van der Waals surface area contributed by atoms with Gasteiger partial charge in [0.2, 0.25) is 0 Å². The van der Waals surface area contributed by atoms with Crippen molar-refractivity contribution in [3.05, 3.63) is 93.2 Å². The Bertz CT molecular complexity index is 1150. The standard InChI is InChI=1S/C29H32N2O2S/c1-3-30-29(32)21-11-9-20(10-12-21)28(22-6-4-7-26(18-22)33-2)23-16-24-13-14-25(17-23)31(24)19-27-8-5-15-34-27/h4-12,15,18,24-25H,3,13-14,16-17,19H2,1-2H3,(H,30,32). The summed E-state index contributed by atoms with van der Waals surface area (Å²) in [5.41, 5.74) is 5.88. The zero-order chi connectivity index (χ0) is 23.5. The number of benzene rings is 2. The number of fused-ring (bicyclic) bond motifs is 2. The summed E-state index contributed by atoms with van der Waals surface area (Å²) in [6, 6.07) is 22.1. The maximum atomic E-state index is 12.3. The Balaban J connectivity index is 1.51. The minimum absolute atomic E-state index is 0.0236. The summed E-state index contributed by atoms with van der Waals surface area (Å²) in [7, 11) is 1.72. The van der Waals surface area contributed by atoms with E-state index in [1.54, 1.807) is 7.11 Å². The quantitative estimate of drug-likeness (QED) is 0.449. The summed E-state index contributed by atoms with van der Waals surface area (Å²) >= 11 is 1.86. The molecule has 34 heavy (non-hydrogen) atoms. The summed E-state index contributed by atoms with van der Waals surface area (Å²) < 4.78 is 5.55. The lowest BCUT2D eigenvalue weighted by Gasteiger charge is -2.37. The molecule has 0 aliphatic carbocycles. The number of piperidine rings is 1. The fourth-order valence-electron chi connectivity index (χ4n) is 5.55. The average Bonchev–Trinajstić information content (AvgIpc) is 3.45. The summed E-state index contributed by atoms with van der Waals surface area (Å²) in [5, 5.41) is 5.07. The molecule has 3 aromatic rings. The van der Waals surface area contributed by atoms with Gasteiger partial charge in [0.05, 0.1) is 7.11 Å². The molecule has 2 aromatic carbocycles. The highest BCUT2D eigenvalue weighted by Gasteiger charge is 2.39. The van der Waals surface area contributed by atoms with E-state index in [4.69, 9.17) is 4.74 Å². The zero-order valence-electron chi connectivity index (χ0n) is 19.9. The predicted molar refractivity (Wildman–Crippen MR) is 139 cm³/mol. The van der Waals surface area contributed by atoms with Gasteiger partial charge in [-0.15, -0.1) is 11.3 Å². The number of carbonyl (C=O) groups excluding carboxylic acids is 1. The minimum Gasteiger partial charge on any atom is -0.497 e. The number of hydrogen-bond acceptors (Lipinski definition) is 4. The third kappa shape index (κ3) is 4.68. The number of hydrogen-bond donors (Lipinski definition) is 1. The van der Waals surface area contributed by atoms with E-state index in [-0.39, 0.29) is 5.91 Å². The van der Waals surface area contributed by atoms with Gasteiger partial charge in [-0.25, -0.2) is 0 Å². The van der Waals surface area contributed by atoms with E-state index in [0.29, 0.717) is 24.2 Å². The van der Waals surface area contributed by atoms with Crippen molar-refractivity contribution < 1.29 is 9.53 Å². The molecule has 1 N–H and O–H groups in total. The van der Waals surface area contributed by atoms with E-state index >= 15 is 0 Å². The van der Waals surface area contributed by atoms with Crippen molar-refractivity contribution in [2.24, 2.45) is 0 Å². The third-order valence-electron chi connectivity index (χ3n) is 7.14. The Morgan fingerprint density at radius 2 is 1.74 bits per heavy atom. The van der Waals surface area contributed by atoms with Gasteiger partial charge in [-0.2, -0.15) is 0 Å². The molecule has 0 radical (unpaired) electrons. The van der Waals surface area contributed by atoms with Gasteiger partial charge in [0, 0.05) is 35.6 Å². The highest BCUT2D eigenvalue weighted by molar-refractivity contribution is 7.09. The number of amides is 1. The van der Waals surface area contributed by atoms with Crippen LogP contribution in [0.3, 0.4) is 0 Å². The Kier molecular flexibility index (Phi) is 6.84. The first kappa shape index (κ1) is 22.9. The number of methoxy groups -OCH3 is 1. The Morgan fingerprint density at radius 1 is 1.00 bits per heavy atom. The van der Waals surface area contributed by atoms with E-state index < -0.39 is 0 Å². The van der Waals surface area contributed by atoms with Crippen molar-refractivity contribution in [3.63, 3.8) is 0 Å². The molecule has 5 heteroatoms. The molecule has 2 atom stereocenters. The predicted octanol–water partition coefficient (Wildman–Crippen LogP) is 6.14. The van der Waals surface area contributed by atoms with Crippen LogP contribution >= 0.6 is 11.3 Å². The molecule has 2 bridgehead atoms. The second kappa shape index (κ2) is 10.2. The second-order valence-electron chi connectivity index (χ2n) is 9.19. The van der Waals surface area contributed by atoms with Gasteiger partial charge in [-0.05, 0) is 85.0 Å². The van der Waals surface area contributed by atoms with Crippen LogP contribution < -0.4 is 10.1 Å². The normalized spacial score (nSPS) is 19.8. The van der Waals surface area contributed by atoms with Crippen LogP contribution in [0, 0.1) is 0 Å². The van der Waals surface area contributed by atoms with Crippen molar-refractivity contribution in [1.29, 1.82) is 0 Å². The second-order valence-corrected chi connectivity index (χ2v) is 10.2. The summed E-state index contributed by atoms with van der Waals surface area (Å²) in [6.45, 7) is 3.64. The molecule has 5 rings (SSSR count). The molecular formula is C29H32N2O2S. The van der Waals surface area contributed by atoms with Crippen molar-refractivity contribution >= 4 is 22.8 Å². The first-order valence-corrected chi connectivity index (χ1v) is 13.1. The van der Waals surface area contributed by atoms with Crippen LogP contribution in [0.5, 0.6) is 5.75 Å². The topological polar surface area (TPSA) is 41.6 Å². The lowest BCUT2D eigenvalue weighted by molar-refractivity contribution is 0.0956. The van der Waals surface area contributed by atoms with Crippen LogP contribution in [0.4, 0.5) is 0 Å². The monoisotopic (exact) mass is 472 g/mol. The van der Waals surface area contributed by atoms with Crippen LogP contribution in [-0.2, 0) is 6.54 Å². The van der Waals surface area contributed by atoms with Crippen LogP contribution in [0.15, 0.2) is 71.6 Å². The zero-order valence-corrected chi connectivity index (χ0v) is 20.7. The number of ether oxygens (including phenoxy) is 1. The highest BCUT2D eigenvalue weighted by Crippen LogP contribution is 2.44. The van der Waals surface area contributed by atoms with E-state index in [2.05, 4.69) is 58.1 Å². The molecule has 2 fully saturated rings. The molecule has 176 valence electrons. The van der Waals surface area contributed by atoms with Gasteiger partial charge in [-0.1, -0.05) is 35.9 Å². The first-order valence-electron chi connectivity index (χ1n) is 12.2. The molecule has 3 heterocycles. The van der Waals surface area contributed by atoms with E-state index in [9.17, 15) is 4.79 Å². The van der Waals surface area contributed by atoms with Crippen LogP contribution in [0.25, 0.3) is 5.57 Å². The molecule has 2 aliphatic rings. The fraction of sp³-hybridized carbons (Fsp3) is 0.345. The SMILES string of the molecule is CCNC(=O)c1ccc(C(=C2CC3CCC(C2)N3Cc2cccs2)c2cccc(OC)c2)cc1. The molecule has 4 nitrogen and oxygen atoms in total. The largest absolute Gasteiger partial charge is 0.497 e. The molecule has 0 spiro atoms. The number of nitrogens with one attached hydrogen (secondary N) is 1. The first-order chi connectivity index (χ1) is 16.7. The van der Waals surface area contributed by atoms with Crippen molar-refractivity contribution in [2.45, 2.75) is 51.2 Å². The van der Waals surface area contributed by atoms with Gasteiger partial charge < -0.3 is 10.1 Å². The number of thiophene rings is 1. The molecule has 2 saturated heterocycles. The van der Waals surface area contributed by atoms with E-state index in [1.807, 2.05) is 36.5 Å². The maximum absolute atomic E-state index is 12.3. The molecular weight excluding hydrogens is 440 g/mol. The smallest absolute Gasteiger partial charge is 0.251 e. The molecule has 2 aliphatic heterocycles. The molecule has 1 aromatic heterocycles. The molecule has 0 saturated carbocycles. The fourth-order valence-corrected chi connectivity index (χ4v) is 6.27. The summed E-state index contributed by atoms with van der Waals surface area (Å²) in [5.74, 6) is 0.845. The third-order valence-corrected chi connectivity index (χ3v) is 8.00. The summed E-state index contributed by atoms with van der Waals surface area (Å²) in [6.07, 6.45) is 4.71. The van der Waals surface area contributed by atoms with Crippen LogP contribution in [0.2, 0.25) is 0 Å². The van der Waals surface area contributed by atoms with Gasteiger partial charge >= 0.3 is 0 Å². The van der Waals surface area contributed by atoms with Crippen LogP contribution in [-0.4, -0.2) is 36.5 Å². The van der Waals surface area contributed by atoms with Gasteiger partial charge in [-0.3, -0.25) is 9.69 Å². The number of carbonyl (C=O) groups is 1. The van der Waals surface area contributed by atoms with E-state index in [1.165, 1.54) is 40.0 Å². The Morgan fingerprint density at radius 3 is 2.38 bits per heavy atom. The summed E-state index contributed by atoms with van der Waals surface area (Å²) in [4.78, 5) is 16.5. The molecule has 2 unspecified atom stereocenters. The average molecular weight is 473 g/mol.